The Morgan fingerprint density at radius 3 is 1.84 bits per heavy atom. The van der Waals surface area contributed by atoms with Crippen molar-refractivity contribution in [1.82, 2.24) is 19.9 Å². The second-order valence-corrected chi connectivity index (χ2v) is 14.6. The molecule has 0 spiro atoms. The van der Waals surface area contributed by atoms with Crippen molar-refractivity contribution in [2.45, 2.75) is 171 Å². The molecule has 0 aliphatic rings. The van der Waals surface area contributed by atoms with Crippen LogP contribution in [0, 0.1) is 0 Å². The maximum atomic E-state index is 12.5. The van der Waals surface area contributed by atoms with E-state index in [-0.39, 0.29) is 11.2 Å². The van der Waals surface area contributed by atoms with Gasteiger partial charge in [-0.05, 0) is 39.8 Å². The molecule has 0 amide bonds. The van der Waals surface area contributed by atoms with Crippen molar-refractivity contribution < 1.29 is 14.3 Å². The Labute approximate surface area is 279 Å². The van der Waals surface area contributed by atoms with E-state index in [9.17, 15) is 4.79 Å². The predicted octanol–water partition coefficient (Wildman–Crippen LogP) is 10.2. The van der Waals surface area contributed by atoms with Crippen LogP contribution >= 0.6 is 23.5 Å². The third-order valence-corrected chi connectivity index (χ3v) is 9.61. The Hall–Kier alpha value is -1.06. The number of ether oxygens (including phenoxy) is 2. The molecule has 44 heavy (non-hydrogen) atoms. The zero-order valence-corrected chi connectivity index (χ0v) is 30.7. The Balaban J connectivity index is 2.60. The highest BCUT2D eigenvalue weighted by molar-refractivity contribution is 8.00. The van der Waals surface area contributed by atoms with Gasteiger partial charge in [-0.2, -0.15) is 15.0 Å². The average molecular weight is 655 g/mol. The van der Waals surface area contributed by atoms with Crippen LogP contribution in [0.2, 0.25) is 0 Å². The third-order valence-electron chi connectivity index (χ3n) is 7.55. The minimum absolute atomic E-state index is 0.0825. The number of nitrogens with zero attached hydrogens (tertiary/aromatic N) is 4. The lowest BCUT2D eigenvalue weighted by Crippen LogP contribution is -2.16. The Bertz CT molecular complexity index is 816. The number of aromatic nitrogens is 3. The van der Waals surface area contributed by atoms with Crippen LogP contribution in [0.25, 0.3) is 0 Å². The van der Waals surface area contributed by atoms with Gasteiger partial charge < -0.3 is 14.4 Å². The summed E-state index contributed by atoms with van der Waals surface area (Å²) >= 11 is 3.28. The maximum absolute atomic E-state index is 12.5. The first-order chi connectivity index (χ1) is 21.5. The summed E-state index contributed by atoms with van der Waals surface area (Å²) in [5, 5.41) is 1.46. The lowest BCUT2D eigenvalue weighted by molar-refractivity contribution is -0.143. The summed E-state index contributed by atoms with van der Waals surface area (Å²) in [7, 11) is 4.13. The topological polar surface area (TPSA) is 77.4 Å². The molecule has 0 N–H and O–H groups in total. The SMILES string of the molecule is CCCCCCCCCCCCCCCSc1nc(OCCCN(C)C)nc(SC(CCCCCC)CC(=O)OCCC)n1. The van der Waals surface area contributed by atoms with Crippen molar-refractivity contribution in [3.8, 4) is 6.01 Å². The molecule has 0 bridgehead atoms. The van der Waals surface area contributed by atoms with Crippen molar-refractivity contribution in [3.63, 3.8) is 0 Å². The number of rotatable bonds is 31. The van der Waals surface area contributed by atoms with Gasteiger partial charge in [-0.1, -0.05) is 147 Å². The van der Waals surface area contributed by atoms with Gasteiger partial charge in [-0.3, -0.25) is 4.79 Å². The lowest BCUT2D eigenvalue weighted by atomic mass is 10.1. The first-order valence-corrected chi connectivity index (χ1v) is 19.8. The molecule has 7 nitrogen and oxygen atoms in total. The van der Waals surface area contributed by atoms with Gasteiger partial charge in [0.15, 0.2) is 10.3 Å². The Morgan fingerprint density at radius 1 is 0.682 bits per heavy atom. The zero-order chi connectivity index (χ0) is 32.1. The molecule has 0 radical (unpaired) electrons. The minimum atomic E-state index is -0.133. The number of thioether (sulfide) groups is 2. The van der Waals surface area contributed by atoms with Crippen LogP contribution in [0.15, 0.2) is 10.3 Å². The van der Waals surface area contributed by atoms with E-state index in [1.54, 1.807) is 23.5 Å². The highest BCUT2D eigenvalue weighted by atomic mass is 32.2. The number of carbonyl (C=O) groups is 1. The molecule has 9 heteroatoms. The average Bonchev–Trinajstić information content (AvgIpc) is 3.00. The van der Waals surface area contributed by atoms with E-state index >= 15 is 0 Å². The molecular formula is C35H66N4O3S2. The fourth-order valence-electron chi connectivity index (χ4n) is 4.94. The second kappa shape index (κ2) is 29.3. The van der Waals surface area contributed by atoms with Gasteiger partial charge in [0, 0.05) is 17.5 Å². The summed E-state index contributed by atoms with van der Waals surface area (Å²) in [5.41, 5.74) is 0. The van der Waals surface area contributed by atoms with Gasteiger partial charge in [-0.25, -0.2) is 0 Å². The fraction of sp³-hybridized carbons (Fsp3) is 0.886. The van der Waals surface area contributed by atoms with E-state index in [0.717, 1.165) is 43.1 Å². The van der Waals surface area contributed by atoms with E-state index in [0.29, 0.717) is 30.8 Å². The second-order valence-electron chi connectivity index (χ2n) is 12.3. The lowest BCUT2D eigenvalue weighted by Gasteiger charge is -2.16. The quantitative estimate of drug-likeness (QED) is 0.0441. The van der Waals surface area contributed by atoms with E-state index in [4.69, 9.17) is 14.5 Å². The summed E-state index contributed by atoms with van der Waals surface area (Å²) in [6.07, 6.45) is 25.4. The predicted molar refractivity (Wildman–Crippen MR) is 189 cm³/mol. The fourth-order valence-corrected chi connectivity index (χ4v) is 6.90. The smallest absolute Gasteiger partial charge is 0.321 e. The van der Waals surface area contributed by atoms with Crippen LogP contribution in [0.3, 0.4) is 0 Å². The molecule has 1 unspecified atom stereocenters. The van der Waals surface area contributed by atoms with E-state index in [1.165, 1.54) is 103 Å². The number of hydrogen-bond donors (Lipinski definition) is 0. The molecule has 1 aromatic heterocycles. The minimum Gasteiger partial charge on any atom is -0.466 e. The van der Waals surface area contributed by atoms with Gasteiger partial charge in [-0.15, -0.1) is 0 Å². The standard InChI is InChI=1S/C35H66N4O3S2/c1-6-9-11-13-14-15-16-17-18-19-20-21-23-29-43-34-36-33(42-28-24-26-39(4)5)37-35(38-34)44-31(25-22-12-10-7-2)30-32(40)41-27-8-3/h31H,6-30H2,1-5H3. The molecule has 256 valence electrons. The maximum Gasteiger partial charge on any atom is 0.321 e. The van der Waals surface area contributed by atoms with E-state index in [2.05, 4.69) is 42.8 Å². The van der Waals surface area contributed by atoms with Crippen molar-refractivity contribution in [1.29, 1.82) is 0 Å². The summed E-state index contributed by atoms with van der Waals surface area (Å²) < 4.78 is 11.4. The van der Waals surface area contributed by atoms with Gasteiger partial charge in [0.25, 0.3) is 0 Å². The number of esters is 1. The first-order valence-electron chi connectivity index (χ1n) is 18.0. The molecule has 1 atom stereocenters. The normalized spacial score (nSPS) is 12.1. The van der Waals surface area contributed by atoms with E-state index in [1.807, 2.05) is 6.92 Å². The molecule has 0 saturated carbocycles. The Morgan fingerprint density at radius 2 is 1.25 bits per heavy atom. The van der Waals surface area contributed by atoms with Crippen LogP contribution in [-0.2, 0) is 9.53 Å². The van der Waals surface area contributed by atoms with Gasteiger partial charge in [0.1, 0.15) is 0 Å². The van der Waals surface area contributed by atoms with Crippen LogP contribution in [0.5, 0.6) is 6.01 Å². The van der Waals surface area contributed by atoms with Crippen LogP contribution in [0.1, 0.15) is 156 Å². The summed E-state index contributed by atoms with van der Waals surface area (Å²) in [4.78, 5) is 28.8. The zero-order valence-electron chi connectivity index (χ0n) is 29.1. The van der Waals surface area contributed by atoms with Crippen molar-refractivity contribution in [3.05, 3.63) is 0 Å². The summed E-state index contributed by atoms with van der Waals surface area (Å²) in [5.74, 6) is 0.862. The van der Waals surface area contributed by atoms with Crippen molar-refractivity contribution >= 4 is 29.5 Å². The summed E-state index contributed by atoms with van der Waals surface area (Å²) in [6, 6.07) is 0.396. The number of unbranched alkanes of at least 4 members (excludes halogenated alkanes) is 15. The summed E-state index contributed by atoms with van der Waals surface area (Å²) in [6.45, 7) is 8.52. The van der Waals surface area contributed by atoms with Gasteiger partial charge in [0.05, 0.1) is 19.6 Å². The van der Waals surface area contributed by atoms with Crippen LogP contribution in [0.4, 0.5) is 0 Å². The van der Waals surface area contributed by atoms with Crippen molar-refractivity contribution in [2.75, 3.05) is 39.6 Å². The molecule has 0 saturated heterocycles. The molecule has 1 heterocycles. The van der Waals surface area contributed by atoms with Crippen molar-refractivity contribution in [2.24, 2.45) is 0 Å². The monoisotopic (exact) mass is 654 g/mol. The molecule has 0 aliphatic heterocycles. The van der Waals surface area contributed by atoms with Crippen LogP contribution in [-0.4, -0.2) is 70.7 Å². The van der Waals surface area contributed by atoms with Crippen LogP contribution < -0.4 is 4.74 Å². The molecule has 1 aromatic rings. The third kappa shape index (κ3) is 24.2. The largest absolute Gasteiger partial charge is 0.466 e. The molecule has 1 rings (SSSR count). The van der Waals surface area contributed by atoms with Gasteiger partial charge >= 0.3 is 12.0 Å². The number of hydrogen-bond acceptors (Lipinski definition) is 9. The van der Waals surface area contributed by atoms with Gasteiger partial charge in [0.2, 0.25) is 0 Å². The molecule has 0 aromatic carbocycles. The number of carbonyl (C=O) groups excluding carboxylic acids is 1. The Kier molecular flexibility index (Phi) is 27.3. The first kappa shape index (κ1) is 41.0. The molecular weight excluding hydrogens is 589 g/mol. The molecule has 0 aliphatic carbocycles. The van der Waals surface area contributed by atoms with E-state index < -0.39 is 0 Å². The highest BCUT2D eigenvalue weighted by Crippen LogP contribution is 2.30. The highest BCUT2D eigenvalue weighted by Gasteiger charge is 2.20. The molecule has 0 fully saturated rings.